The minimum atomic E-state index is -0.214. The number of nitrogens with zero attached hydrogens (tertiary/aromatic N) is 2. The molecule has 134 valence electrons. The van der Waals surface area contributed by atoms with Gasteiger partial charge in [-0.25, -0.2) is 0 Å². The Balaban J connectivity index is 1.73. The molecule has 4 rings (SSSR count). The van der Waals surface area contributed by atoms with E-state index >= 15 is 0 Å². The zero-order valence-corrected chi connectivity index (χ0v) is 14.6. The summed E-state index contributed by atoms with van der Waals surface area (Å²) in [5.74, 6) is 1.04. The third-order valence-corrected chi connectivity index (χ3v) is 4.47. The number of aromatic hydroxyl groups is 1. The van der Waals surface area contributed by atoms with Crippen LogP contribution in [0.3, 0.4) is 0 Å². The van der Waals surface area contributed by atoms with Crippen molar-refractivity contribution < 1.29 is 19.4 Å². The number of hydrogen-bond donors (Lipinski definition) is 1. The van der Waals surface area contributed by atoms with Gasteiger partial charge in [0.25, 0.3) is 0 Å². The number of carbonyl (C=O) groups is 1. The summed E-state index contributed by atoms with van der Waals surface area (Å²) in [5, 5.41) is 19.3. The molecule has 2 heterocycles. The predicted molar refractivity (Wildman–Crippen MR) is 99.8 cm³/mol. The number of Topliss-reactive ketones (excluding diaryl/α,β-unsaturated/α-hetero) is 1. The number of fused-ring (bicyclic) bond motifs is 2. The lowest BCUT2D eigenvalue weighted by atomic mass is 10.1. The molecule has 6 nitrogen and oxygen atoms in total. The van der Waals surface area contributed by atoms with Crippen LogP contribution in [-0.4, -0.2) is 22.1 Å². The molecule has 0 saturated carbocycles. The minimum Gasteiger partial charge on any atom is -0.508 e. The van der Waals surface area contributed by atoms with Crippen LogP contribution < -0.4 is 9.47 Å². The molecule has 1 N–H and O–H groups in total. The van der Waals surface area contributed by atoms with Gasteiger partial charge in [0.1, 0.15) is 23.3 Å². The fourth-order valence-corrected chi connectivity index (χ4v) is 3.20. The number of ketones is 1. The highest BCUT2D eigenvalue weighted by atomic mass is 16.5. The van der Waals surface area contributed by atoms with E-state index < -0.39 is 0 Å². The van der Waals surface area contributed by atoms with Crippen LogP contribution in [0.25, 0.3) is 17.0 Å². The Kier molecular flexibility index (Phi) is 4.05. The maximum atomic E-state index is 12.7. The van der Waals surface area contributed by atoms with Crippen LogP contribution in [0.15, 0.2) is 48.4 Å². The molecule has 1 aromatic heterocycles. The van der Waals surface area contributed by atoms with Crippen LogP contribution in [0.4, 0.5) is 0 Å². The van der Waals surface area contributed by atoms with Gasteiger partial charge in [0.15, 0.2) is 12.4 Å². The van der Waals surface area contributed by atoms with Crippen molar-refractivity contribution in [1.82, 2.24) is 4.57 Å². The maximum Gasteiger partial charge on any atom is 0.231 e. The van der Waals surface area contributed by atoms with E-state index in [1.165, 1.54) is 0 Å². The zero-order chi connectivity index (χ0) is 19.0. The van der Waals surface area contributed by atoms with Crippen molar-refractivity contribution in [3.05, 3.63) is 59.5 Å². The molecule has 27 heavy (non-hydrogen) atoms. The Bertz CT molecular complexity index is 1140. The van der Waals surface area contributed by atoms with Gasteiger partial charge in [-0.15, -0.1) is 0 Å². The van der Waals surface area contributed by atoms with Crippen LogP contribution in [0, 0.1) is 11.3 Å². The van der Waals surface area contributed by atoms with Gasteiger partial charge in [-0.3, -0.25) is 4.79 Å². The van der Waals surface area contributed by atoms with Crippen LogP contribution in [0.1, 0.15) is 22.8 Å². The molecule has 0 bridgehead atoms. The number of allylic oxidation sites excluding steroid dienone is 1. The largest absolute Gasteiger partial charge is 0.508 e. The fraction of sp³-hybridized carbons (Fsp3) is 0.143. The van der Waals surface area contributed by atoms with Crippen molar-refractivity contribution in [3.8, 4) is 23.3 Å². The molecule has 0 spiro atoms. The van der Waals surface area contributed by atoms with Gasteiger partial charge in [0.2, 0.25) is 5.78 Å². The van der Waals surface area contributed by atoms with E-state index in [0.29, 0.717) is 17.1 Å². The first-order valence-electron chi connectivity index (χ1n) is 8.50. The number of benzene rings is 2. The molecule has 0 aliphatic carbocycles. The number of rotatable bonds is 4. The molecule has 0 saturated heterocycles. The van der Waals surface area contributed by atoms with Crippen molar-refractivity contribution in [2.45, 2.75) is 13.5 Å². The Morgan fingerprint density at radius 1 is 1.30 bits per heavy atom. The zero-order valence-electron chi connectivity index (χ0n) is 14.6. The Morgan fingerprint density at radius 3 is 2.93 bits per heavy atom. The third kappa shape index (κ3) is 2.89. The highest BCUT2D eigenvalue weighted by molar-refractivity contribution is 6.15. The monoisotopic (exact) mass is 360 g/mol. The maximum absolute atomic E-state index is 12.7. The molecule has 0 atom stereocenters. The highest BCUT2D eigenvalue weighted by Gasteiger charge is 2.28. The number of hydrogen-bond acceptors (Lipinski definition) is 5. The molecular weight excluding hydrogens is 344 g/mol. The second-order valence-electron chi connectivity index (χ2n) is 6.12. The molecular formula is C21H16N2O4. The minimum absolute atomic E-state index is 0.0740. The van der Waals surface area contributed by atoms with E-state index in [0.717, 1.165) is 23.0 Å². The number of carbonyl (C=O) groups excluding carboxylic acids is 1. The highest BCUT2D eigenvalue weighted by Crippen LogP contribution is 2.36. The fourth-order valence-electron chi connectivity index (χ4n) is 3.20. The van der Waals surface area contributed by atoms with Crippen LogP contribution >= 0.6 is 0 Å². The lowest BCUT2D eigenvalue weighted by Gasteiger charge is -2.03. The first-order valence-corrected chi connectivity index (χ1v) is 8.50. The second-order valence-corrected chi connectivity index (χ2v) is 6.12. The molecule has 3 aromatic rings. The van der Waals surface area contributed by atoms with Crippen molar-refractivity contribution in [1.29, 1.82) is 5.26 Å². The van der Waals surface area contributed by atoms with Crippen molar-refractivity contribution in [2.75, 3.05) is 6.61 Å². The summed E-state index contributed by atoms with van der Waals surface area (Å²) in [5.41, 5.74) is 2.21. The second kappa shape index (κ2) is 6.54. The number of nitriles is 1. The lowest BCUT2D eigenvalue weighted by molar-refractivity contribution is 0.101. The SMILES string of the molecule is CCn1cc(/C=C2\Oc3cc(OCC#N)ccc3C2=O)c2cc(O)ccc21. The summed E-state index contributed by atoms with van der Waals surface area (Å²) in [6.07, 6.45) is 3.62. The summed E-state index contributed by atoms with van der Waals surface area (Å²) in [6, 6.07) is 11.9. The van der Waals surface area contributed by atoms with Crippen molar-refractivity contribution >= 4 is 22.8 Å². The van der Waals surface area contributed by atoms with Crippen molar-refractivity contribution in [3.63, 3.8) is 0 Å². The Labute approximate surface area is 155 Å². The summed E-state index contributed by atoms with van der Waals surface area (Å²) in [4.78, 5) is 12.7. The van der Waals surface area contributed by atoms with Gasteiger partial charge in [-0.2, -0.15) is 5.26 Å². The van der Waals surface area contributed by atoms with Crippen molar-refractivity contribution in [2.24, 2.45) is 0 Å². The van der Waals surface area contributed by atoms with Gasteiger partial charge in [0, 0.05) is 35.3 Å². The smallest absolute Gasteiger partial charge is 0.231 e. The van der Waals surface area contributed by atoms with E-state index in [4.69, 9.17) is 14.7 Å². The van der Waals surface area contributed by atoms with E-state index in [-0.39, 0.29) is 23.9 Å². The third-order valence-electron chi connectivity index (χ3n) is 4.47. The average Bonchev–Trinajstić information content (AvgIpc) is 3.17. The molecule has 1 aliphatic heterocycles. The van der Waals surface area contributed by atoms with Gasteiger partial charge in [-0.1, -0.05) is 0 Å². The van der Waals surface area contributed by atoms with Gasteiger partial charge in [0.05, 0.1) is 5.56 Å². The normalized spacial score (nSPS) is 14.2. The van der Waals surface area contributed by atoms with Gasteiger partial charge < -0.3 is 19.1 Å². The van der Waals surface area contributed by atoms with Crippen LogP contribution in [0.2, 0.25) is 0 Å². The first kappa shape index (κ1) is 16.7. The quantitative estimate of drug-likeness (QED) is 0.714. The number of aryl methyl sites for hydroxylation is 1. The Morgan fingerprint density at radius 2 is 2.15 bits per heavy atom. The molecule has 0 amide bonds. The predicted octanol–water partition coefficient (Wildman–Crippen LogP) is 3.89. The standard InChI is InChI=1S/C21H16N2O4/c1-2-23-12-13(17-10-14(24)3-6-18(17)23)9-20-21(25)16-5-4-15(26-8-7-22)11-19(16)27-20/h3-6,9-12,24H,2,8H2,1H3/b20-9-. The first-order chi connectivity index (χ1) is 13.1. The Hall–Kier alpha value is -3.72. The number of aromatic nitrogens is 1. The number of phenolic OH excluding ortho intramolecular Hbond substituents is 1. The van der Waals surface area contributed by atoms with Gasteiger partial charge >= 0.3 is 0 Å². The summed E-state index contributed by atoms with van der Waals surface area (Å²) in [7, 11) is 0. The topological polar surface area (TPSA) is 84.5 Å². The molecule has 2 aromatic carbocycles. The van der Waals surface area contributed by atoms with Gasteiger partial charge in [-0.05, 0) is 43.3 Å². The van der Waals surface area contributed by atoms with Crippen LogP contribution in [0.5, 0.6) is 17.2 Å². The molecule has 1 aliphatic rings. The van der Waals surface area contributed by atoms with E-state index in [1.807, 2.05) is 29.8 Å². The van der Waals surface area contributed by atoms with E-state index in [1.54, 1.807) is 36.4 Å². The summed E-state index contributed by atoms with van der Waals surface area (Å²) < 4.78 is 13.0. The molecule has 0 fully saturated rings. The number of phenols is 1. The average molecular weight is 360 g/mol. The lowest BCUT2D eigenvalue weighted by Crippen LogP contribution is -1.98. The molecule has 0 unspecified atom stereocenters. The summed E-state index contributed by atoms with van der Waals surface area (Å²) in [6.45, 7) is 2.72. The summed E-state index contributed by atoms with van der Waals surface area (Å²) >= 11 is 0. The van der Waals surface area contributed by atoms with E-state index in [9.17, 15) is 9.90 Å². The molecule has 0 radical (unpaired) electrons. The van der Waals surface area contributed by atoms with Crippen LogP contribution in [-0.2, 0) is 6.54 Å². The van der Waals surface area contributed by atoms with E-state index in [2.05, 4.69) is 0 Å². The molecule has 6 heteroatoms. The number of ether oxygens (including phenoxy) is 2.